The number of hydrogen-bond donors (Lipinski definition) is 1. The number of thioether (sulfide) groups is 1. The second-order valence-electron chi connectivity index (χ2n) is 5.60. The molecule has 3 atom stereocenters. The van der Waals surface area contributed by atoms with E-state index in [-0.39, 0.29) is 11.9 Å². The van der Waals surface area contributed by atoms with Gasteiger partial charge in [-0.15, -0.1) is 0 Å². The van der Waals surface area contributed by atoms with Crippen molar-refractivity contribution in [2.75, 3.05) is 12.0 Å². The van der Waals surface area contributed by atoms with Crippen molar-refractivity contribution in [2.24, 2.45) is 5.92 Å². The van der Waals surface area contributed by atoms with Gasteiger partial charge in [0.2, 0.25) is 5.91 Å². The van der Waals surface area contributed by atoms with E-state index in [1.807, 2.05) is 6.26 Å². The van der Waals surface area contributed by atoms with Crippen molar-refractivity contribution in [3.8, 4) is 0 Å². The molecule has 2 aliphatic rings. The maximum absolute atomic E-state index is 12.3. The van der Waals surface area contributed by atoms with Gasteiger partial charge < -0.3 is 10.0 Å². The number of carboxylic acid groups (broad SMARTS) is 1. The first-order chi connectivity index (χ1) is 9.15. The Bertz CT molecular complexity index is 348. The number of carbonyl (C=O) groups excluding carboxylic acids is 1. The summed E-state index contributed by atoms with van der Waals surface area (Å²) in [5, 5.41) is 9.35. The van der Waals surface area contributed by atoms with Gasteiger partial charge in [0, 0.05) is 12.5 Å². The van der Waals surface area contributed by atoms with Gasteiger partial charge in [-0.2, -0.15) is 11.8 Å². The minimum atomic E-state index is -0.826. The molecule has 3 unspecified atom stereocenters. The molecule has 0 spiro atoms. The Morgan fingerprint density at radius 3 is 2.74 bits per heavy atom. The number of hydrogen-bond acceptors (Lipinski definition) is 3. The second-order valence-corrected chi connectivity index (χ2v) is 6.58. The summed E-state index contributed by atoms with van der Waals surface area (Å²) in [6.07, 6.45) is 8.41. The number of carbonyl (C=O) groups is 2. The number of fused-ring (bicyclic) bond motifs is 1. The van der Waals surface area contributed by atoms with Gasteiger partial charge in [-0.1, -0.05) is 12.8 Å². The Labute approximate surface area is 118 Å². The third-order valence-electron chi connectivity index (χ3n) is 4.40. The van der Waals surface area contributed by atoms with Crippen LogP contribution in [0.5, 0.6) is 0 Å². The number of likely N-dealkylation sites (tertiary alicyclic amines) is 1. The Morgan fingerprint density at radius 2 is 2.05 bits per heavy atom. The quantitative estimate of drug-likeness (QED) is 0.788. The van der Waals surface area contributed by atoms with Gasteiger partial charge in [0.15, 0.2) is 0 Å². The van der Waals surface area contributed by atoms with E-state index in [1.54, 1.807) is 16.7 Å². The molecule has 1 saturated carbocycles. The molecule has 0 aromatic rings. The van der Waals surface area contributed by atoms with Crippen LogP contribution in [-0.4, -0.2) is 46.0 Å². The SMILES string of the molecule is CSCCCC(=O)N1C(C(=O)O)CC2CCCCC21. The summed E-state index contributed by atoms with van der Waals surface area (Å²) in [6.45, 7) is 0. The zero-order valence-electron chi connectivity index (χ0n) is 11.5. The van der Waals surface area contributed by atoms with E-state index in [9.17, 15) is 14.7 Å². The van der Waals surface area contributed by atoms with Crippen molar-refractivity contribution in [1.82, 2.24) is 4.90 Å². The zero-order valence-corrected chi connectivity index (χ0v) is 12.3. The highest BCUT2D eigenvalue weighted by molar-refractivity contribution is 7.98. The molecule has 0 bridgehead atoms. The molecule has 2 fully saturated rings. The monoisotopic (exact) mass is 285 g/mol. The molecule has 108 valence electrons. The third kappa shape index (κ3) is 3.25. The second kappa shape index (κ2) is 6.64. The van der Waals surface area contributed by atoms with Crippen LogP contribution in [0.2, 0.25) is 0 Å². The molecular formula is C14H23NO3S. The Kier molecular flexibility index (Phi) is 5.13. The fourth-order valence-electron chi connectivity index (χ4n) is 3.54. The Balaban J connectivity index is 2.04. The predicted molar refractivity (Wildman–Crippen MR) is 76.2 cm³/mol. The molecular weight excluding hydrogens is 262 g/mol. The summed E-state index contributed by atoms with van der Waals surface area (Å²) in [4.78, 5) is 25.4. The highest BCUT2D eigenvalue weighted by Crippen LogP contribution is 2.40. The zero-order chi connectivity index (χ0) is 13.8. The van der Waals surface area contributed by atoms with E-state index >= 15 is 0 Å². The van der Waals surface area contributed by atoms with Crippen molar-refractivity contribution >= 4 is 23.6 Å². The van der Waals surface area contributed by atoms with Gasteiger partial charge in [-0.25, -0.2) is 4.79 Å². The first kappa shape index (κ1) is 14.7. The molecule has 0 aromatic carbocycles. The van der Waals surface area contributed by atoms with Crippen LogP contribution < -0.4 is 0 Å². The first-order valence-corrected chi connectivity index (χ1v) is 8.57. The summed E-state index contributed by atoms with van der Waals surface area (Å²) < 4.78 is 0. The minimum absolute atomic E-state index is 0.0517. The van der Waals surface area contributed by atoms with Gasteiger partial charge in [0.1, 0.15) is 6.04 Å². The number of carboxylic acids is 1. The van der Waals surface area contributed by atoms with Crippen LogP contribution in [0.4, 0.5) is 0 Å². The topological polar surface area (TPSA) is 57.6 Å². The minimum Gasteiger partial charge on any atom is -0.480 e. The molecule has 1 heterocycles. The number of amides is 1. The standard InChI is InChI=1S/C14H23NO3S/c1-19-8-4-7-13(16)15-11-6-3-2-5-10(11)9-12(15)14(17)18/h10-12H,2-9H2,1H3,(H,17,18). The largest absolute Gasteiger partial charge is 0.480 e. The maximum Gasteiger partial charge on any atom is 0.326 e. The van der Waals surface area contributed by atoms with Crippen molar-refractivity contribution in [3.63, 3.8) is 0 Å². The van der Waals surface area contributed by atoms with Crippen LogP contribution >= 0.6 is 11.8 Å². The van der Waals surface area contributed by atoms with E-state index < -0.39 is 12.0 Å². The number of nitrogens with zero attached hydrogens (tertiary/aromatic N) is 1. The van der Waals surface area contributed by atoms with Crippen LogP contribution in [0.3, 0.4) is 0 Å². The van der Waals surface area contributed by atoms with Crippen molar-refractivity contribution < 1.29 is 14.7 Å². The molecule has 4 nitrogen and oxygen atoms in total. The van der Waals surface area contributed by atoms with E-state index in [0.717, 1.165) is 31.4 Å². The van der Waals surface area contributed by atoms with E-state index in [1.165, 1.54) is 6.42 Å². The van der Waals surface area contributed by atoms with Crippen LogP contribution in [0.1, 0.15) is 44.9 Å². The number of aliphatic carboxylic acids is 1. The molecule has 1 aliphatic heterocycles. The highest BCUT2D eigenvalue weighted by atomic mass is 32.2. The van der Waals surface area contributed by atoms with Crippen LogP contribution in [0.25, 0.3) is 0 Å². The van der Waals surface area contributed by atoms with Gasteiger partial charge >= 0.3 is 5.97 Å². The van der Waals surface area contributed by atoms with Gasteiger partial charge in [-0.3, -0.25) is 4.79 Å². The van der Waals surface area contributed by atoms with Crippen LogP contribution in [-0.2, 0) is 9.59 Å². The van der Waals surface area contributed by atoms with E-state index in [4.69, 9.17) is 0 Å². The fraction of sp³-hybridized carbons (Fsp3) is 0.857. The summed E-state index contributed by atoms with van der Waals surface area (Å²) in [6, 6.07) is -0.383. The molecule has 0 aromatic heterocycles. The number of rotatable bonds is 5. The van der Waals surface area contributed by atoms with Crippen molar-refractivity contribution in [1.29, 1.82) is 0 Å². The molecule has 1 aliphatic carbocycles. The van der Waals surface area contributed by atoms with Gasteiger partial charge in [0.05, 0.1) is 0 Å². The lowest BCUT2D eigenvalue weighted by molar-refractivity contribution is -0.149. The molecule has 2 rings (SSSR count). The van der Waals surface area contributed by atoms with Crippen molar-refractivity contribution in [2.45, 2.75) is 57.0 Å². The molecule has 5 heteroatoms. The van der Waals surface area contributed by atoms with Crippen LogP contribution in [0, 0.1) is 5.92 Å². The fourth-order valence-corrected chi connectivity index (χ4v) is 3.97. The smallest absolute Gasteiger partial charge is 0.326 e. The summed E-state index contributed by atoms with van der Waals surface area (Å²) >= 11 is 1.73. The van der Waals surface area contributed by atoms with Gasteiger partial charge in [-0.05, 0) is 43.6 Å². The lowest BCUT2D eigenvalue weighted by atomic mass is 9.84. The van der Waals surface area contributed by atoms with Gasteiger partial charge in [0.25, 0.3) is 0 Å². The summed E-state index contributed by atoms with van der Waals surface area (Å²) in [5.74, 6) is 0.605. The Morgan fingerprint density at radius 1 is 1.32 bits per heavy atom. The molecule has 1 N–H and O–H groups in total. The Hall–Kier alpha value is -0.710. The summed E-state index contributed by atoms with van der Waals surface area (Å²) in [7, 11) is 0. The van der Waals surface area contributed by atoms with E-state index in [2.05, 4.69) is 0 Å². The lowest BCUT2D eigenvalue weighted by Crippen LogP contribution is -2.46. The lowest BCUT2D eigenvalue weighted by Gasteiger charge is -2.33. The van der Waals surface area contributed by atoms with Crippen molar-refractivity contribution in [3.05, 3.63) is 0 Å². The normalized spacial score (nSPS) is 30.2. The molecule has 0 radical (unpaired) electrons. The maximum atomic E-state index is 12.3. The van der Waals surface area contributed by atoms with Crippen LogP contribution in [0.15, 0.2) is 0 Å². The molecule has 19 heavy (non-hydrogen) atoms. The first-order valence-electron chi connectivity index (χ1n) is 7.18. The summed E-state index contributed by atoms with van der Waals surface area (Å²) in [5.41, 5.74) is 0. The average Bonchev–Trinajstić information content (AvgIpc) is 2.78. The molecule has 1 saturated heterocycles. The third-order valence-corrected chi connectivity index (χ3v) is 5.10. The molecule has 1 amide bonds. The predicted octanol–water partition coefficient (Wildman–Crippen LogP) is 2.37. The van der Waals surface area contributed by atoms with E-state index in [0.29, 0.717) is 18.8 Å². The highest BCUT2D eigenvalue weighted by Gasteiger charge is 2.47. The average molecular weight is 285 g/mol.